The van der Waals surface area contributed by atoms with Crippen LogP contribution in [0.1, 0.15) is 18.1 Å². The Hall–Kier alpha value is -3.02. The van der Waals surface area contributed by atoms with Gasteiger partial charge in [-0.1, -0.05) is 22.9 Å². The van der Waals surface area contributed by atoms with Crippen LogP contribution < -0.4 is 14.8 Å². The quantitative estimate of drug-likeness (QED) is 0.464. The number of benzene rings is 2. The molecule has 2 aromatic carbocycles. The topological polar surface area (TPSA) is 80.2 Å². The highest BCUT2D eigenvalue weighted by atomic mass is 16.5. The molecular weight excluding hydrogens is 308 g/mol. The van der Waals surface area contributed by atoms with Crippen molar-refractivity contribution in [3.8, 4) is 11.5 Å². The monoisotopic (exact) mass is 328 g/mol. The maximum atomic E-state index is 12.0. The first kappa shape index (κ1) is 17.3. The molecule has 0 saturated carbocycles. The standard InChI is InChI=1S/C18H20N2O4/c1-3-23-17-10-14(11-19-22)6-9-16(17)24-12-18(21)20-15-7-4-13(2)5-8-15/h4-11,22H,3,12H2,1-2H3,(H,20,21)/b19-11+. The minimum absolute atomic E-state index is 0.138. The van der Waals surface area contributed by atoms with Gasteiger partial charge in [-0.2, -0.15) is 0 Å². The minimum atomic E-state index is -0.262. The maximum absolute atomic E-state index is 12.0. The summed E-state index contributed by atoms with van der Waals surface area (Å²) < 4.78 is 11.0. The Morgan fingerprint density at radius 1 is 1.17 bits per heavy atom. The molecule has 2 rings (SSSR count). The summed E-state index contributed by atoms with van der Waals surface area (Å²) in [5, 5.41) is 14.3. The van der Waals surface area contributed by atoms with Gasteiger partial charge in [0.05, 0.1) is 12.8 Å². The van der Waals surface area contributed by atoms with Gasteiger partial charge in [0.1, 0.15) is 0 Å². The van der Waals surface area contributed by atoms with Crippen LogP contribution in [-0.4, -0.2) is 30.5 Å². The molecule has 2 N–H and O–H groups in total. The van der Waals surface area contributed by atoms with Gasteiger partial charge in [-0.15, -0.1) is 0 Å². The summed E-state index contributed by atoms with van der Waals surface area (Å²) in [6.07, 6.45) is 1.29. The zero-order chi connectivity index (χ0) is 17.4. The molecule has 0 aliphatic heterocycles. The van der Waals surface area contributed by atoms with E-state index < -0.39 is 0 Å². The third-order valence-electron chi connectivity index (χ3n) is 3.17. The Balaban J connectivity index is 1.99. The van der Waals surface area contributed by atoms with Crippen molar-refractivity contribution < 1.29 is 19.5 Å². The molecule has 0 atom stereocenters. The molecule has 0 spiro atoms. The molecule has 0 aromatic heterocycles. The summed E-state index contributed by atoms with van der Waals surface area (Å²) in [5.74, 6) is 0.673. The Kier molecular flexibility index (Phi) is 6.19. The molecule has 6 heteroatoms. The number of anilines is 1. The lowest BCUT2D eigenvalue weighted by Crippen LogP contribution is -2.20. The van der Waals surface area contributed by atoms with Crippen LogP contribution in [0.3, 0.4) is 0 Å². The zero-order valence-electron chi connectivity index (χ0n) is 13.7. The Labute approximate surface area is 140 Å². The van der Waals surface area contributed by atoms with Crippen LogP contribution in [0.15, 0.2) is 47.6 Å². The van der Waals surface area contributed by atoms with Crippen molar-refractivity contribution in [2.24, 2.45) is 5.16 Å². The van der Waals surface area contributed by atoms with E-state index in [9.17, 15) is 4.79 Å². The summed E-state index contributed by atoms with van der Waals surface area (Å²) in [6.45, 7) is 4.14. The van der Waals surface area contributed by atoms with E-state index in [-0.39, 0.29) is 12.5 Å². The van der Waals surface area contributed by atoms with Crippen LogP contribution in [0, 0.1) is 6.92 Å². The molecule has 2 aromatic rings. The van der Waals surface area contributed by atoms with Crippen molar-refractivity contribution in [2.45, 2.75) is 13.8 Å². The lowest BCUT2D eigenvalue weighted by Gasteiger charge is -2.12. The first-order valence-electron chi connectivity index (χ1n) is 7.56. The summed E-state index contributed by atoms with van der Waals surface area (Å²) in [4.78, 5) is 12.0. The van der Waals surface area contributed by atoms with E-state index in [1.54, 1.807) is 18.2 Å². The van der Waals surface area contributed by atoms with E-state index in [2.05, 4.69) is 10.5 Å². The molecule has 0 radical (unpaired) electrons. The van der Waals surface area contributed by atoms with Gasteiger partial charge in [0.2, 0.25) is 0 Å². The van der Waals surface area contributed by atoms with Gasteiger partial charge in [0.25, 0.3) is 5.91 Å². The number of nitrogens with one attached hydrogen (secondary N) is 1. The number of aryl methyl sites for hydroxylation is 1. The second kappa shape index (κ2) is 8.57. The average molecular weight is 328 g/mol. The molecule has 126 valence electrons. The van der Waals surface area contributed by atoms with Crippen LogP contribution in [0.5, 0.6) is 11.5 Å². The Morgan fingerprint density at radius 3 is 2.58 bits per heavy atom. The summed E-state index contributed by atoms with van der Waals surface area (Å²) in [6, 6.07) is 12.6. The lowest BCUT2D eigenvalue weighted by atomic mass is 10.2. The Morgan fingerprint density at radius 2 is 1.92 bits per heavy atom. The minimum Gasteiger partial charge on any atom is -0.490 e. The SMILES string of the molecule is CCOc1cc(/C=N/O)ccc1OCC(=O)Nc1ccc(C)cc1. The van der Waals surface area contributed by atoms with Crippen LogP contribution in [-0.2, 0) is 4.79 Å². The van der Waals surface area contributed by atoms with Gasteiger partial charge in [0, 0.05) is 11.3 Å². The highest BCUT2D eigenvalue weighted by Gasteiger charge is 2.09. The molecule has 0 heterocycles. The van der Waals surface area contributed by atoms with Crippen molar-refractivity contribution in [1.82, 2.24) is 0 Å². The van der Waals surface area contributed by atoms with Crippen LogP contribution in [0.4, 0.5) is 5.69 Å². The summed E-state index contributed by atoms with van der Waals surface area (Å²) in [7, 11) is 0. The largest absolute Gasteiger partial charge is 0.490 e. The molecule has 0 bridgehead atoms. The predicted octanol–water partition coefficient (Wildman–Crippen LogP) is 3.22. The van der Waals surface area contributed by atoms with E-state index in [0.29, 0.717) is 29.4 Å². The molecule has 0 saturated heterocycles. The van der Waals surface area contributed by atoms with Crippen molar-refractivity contribution in [3.05, 3.63) is 53.6 Å². The highest BCUT2D eigenvalue weighted by molar-refractivity contribution is 5.91. The first-order valence-corrected chi connectivity index (χ1v) is 7.56. The molecule has 0 aliphatic rings. The lowest BCUT2D eigenvalue weighted by molar-refractivity contribution is -0.118. The number of rotatable bonds is 7. The van der Waals surface area contributed by atoms with Gasteiger partial charge < -0.3 is 20.0 Å². The van der Waals surface area contributed by atoms with Crippen molar-refractivity contribution in [2.75, 3.05) is 18.5 Å². The maximum Gasteiger partial charge on any atom is 0.262 e. The molecule has 0 unspecified atom stereocenters. The van der Waals surface area contributed by atoms with Gasteiger partial charge in [-0.3, -0.25) is 4.79 Å². The molecule has 6 nitrogen and oxygen atoms in total. The summed E-state index contributed by atoms with van der Waals surface area (Å²) >= 11 is 0. The average Bonchev–Trinajstić information content (AvgIpc) is 2.57. The number of ether oxygens (including phenoxy) is 2. The van der Waals surface area contributed by atoms with Crippen molar-refractivity contribution in [1.29, 1.82) is 0 Å². The zero-order valence-corrected chi connectivity index (χ0v) is 13.7. The third kappa shape index (κ3) is 5.01. The van der Waals surface area contributed by atoms with Gasteiger partial charge in [-0.25, -0.2) is 0 Å². The van der Waals surface area contributed by atoms with Crippen LogP contribution in [0.25, 0.3) is 0 Å². The van der Waals surface area contributed by atoms with Crippen molar-refractivity contribution in [3.63, 3.8) is 0 Å². The highest BCUT2D eigenvalue weighted by Crippen LogP contribution is 2.28. The van der Waals surface area contributed by atoms with Gasteiger partial charge in [0.15, 0.2) is 18.1 Å². The number of carbonyl (C=O) groups is 1. The predicted molar refractivity (Wildman–Crippen MR) is 92.3 cm³/mol. The van der Waals surface area contributed by atoms with E-state index in [1.165, 1.54) is 6.21 Å². The van der Waals surface area contributed by atoms with E-state index in [1.807, 2.05) is 38.1 Å². The molecule has 0 aliphatic carbocycles. The molecule has 1 amide bonds. The van der Waals surface area contributed by atoms with Crippen LogP contribution >= 0.6 is 0 Å². The fourth-order valence-corrected chi connectivity index (χ4v) is 2.04. The number of nitrogens with zero attached hydrogens (tertiary/aromatic N) is 1. The smallest absolute Gasteiger partial charge is 0.262 e. The summed E-state index contributed by atoms with van der Waals surface area (Å²) in [5.41, 5.74) is 2.50. The van der Waals surface area contributed by atoms with Crippen LogP contribution in [0.2, 0.25) is 0 Å². The van der Waals surface area contributed by atoms with E-state index >= 15 is 0 Å². The number of hydrogen-bond donors (Lipinski definition) is 2. The third-order valence-corrected chi connectivity index (χ3v) is 3.17. The molecular formula is C18H20N2O4. The fourth-order valence-electron chi connectivity index (χ4n) is 2.04. The normalized spacial score (nSPS) is 10.6. The molecule has 0 fully saturated rings. The second-order valence-corrected chi connectivity index (χ2v) is 5.09. The number of amides is 1. The van der Waals surface area contributed by atoms with E-state index in [4.69, 9.17) is 14.7 Å². The number of carbonyl (C=O) groups excluding carboxylic acids is 1. The number of hydrogen-bond acceptors (Lipinski definition) is 5. The van der Waals surface area contributed by atoms with Gasteiger partial charge >= 0.3 is 0 Å². The van der Waals surface area contributed by atoms with Crippen molar-refractivity contribution >= 4 is 17.8 Å². The first-order chi connectivity index (χ1) is 11.6. The second-order valence-electron chi connectivity index (χ2n) is 5.09. The van der Waals surface area contributed by atoms with Gasteiger partial charge in [-0.05, 0) is 44.2 Å². The fraction of sp³-hybridized carbons (Fsp3) is 0.222. The number of oxime groups is 1. The van der Waals surface area contributed by atoms with E-state index in [0.717, 1.165) is 5.56 Å². The molecule has 24 heavy (non-hydrogen) atoms. The Bertz CT molecular complexity index is 711.